The van der Waals surface area contributed by atoms with E-state index < -0.39 is 0 Å². The predicted molar refractivity (Wildman–Crippen MR) is 102 cm³/mol. The first-order valence-corrected chi connectivity index (χ1v) is 8.33. The number of fused-ring (bicyclic) bond motifs is 1. The van der Waals surface area contributed by atoms with Crippen molar-refractivity contribution in [2.24, 2.45) is 7.05 Å². The van der Waals surface area contributed by atoms with Gasteiger partial charge in [-0.15, -0.1) is 0 Å². The number of nitrogens with zero attached hydrogens (tertiary/aromatic N) is 2. The van der Waals surface area contributed by atoms with Crippen LogP contribution in [0.4, 0.5) is 5.69 Å². The minimum atomic E-state index is -0.0115. The highest BCUT2D eigenvalue weighted by Crippen LogP contribution is 2.20. The SMILES string of the molecule is CNCc1cc(C(=O)N(C)Cc2cc3ccccc3n2C)ccc1N. The number of nitrogen functional groups attached to an aromatic ring is 1. The van der Waals surface area contributed by atoms with Gasteiger partial charge in [0.05, 0.1) is 6.54 Å². The van der Waals surface area contributed by atoms with Crippen LogP contribution < -0.4 is 11.1 Å². The van der Waals surface area contributed by atoms with Gasteiger partial charge in [0, 0.05) is 43.1 Å². The molecule has 0 fully saturated rings. The van der Waals surface area contributed by atoms with Crippen molar-refractivity contribution in [3.8, 4) is 0 Å². The number of benzene rings is 2. The van der Waals surface area contributed by atoms with Gasteiger partial charge in [-0.3, -0.25) is 4.79 Å². The second-order valence-electron chi connectivity index (χ2n) is 6.36. The highest BCUT2D eigenvalue weighted by atomic mass is 16.2. The second kappa shape index (κ2) is 6.99. The monoisotopic (exact) mass is 336 g/mol. The van der Waals surface area contributed by atoms with E-state index in [-0.39, 0.29) is 5.91 Å². The Morgan fingerprint density at radius 1 is 1.20 bits per heavy atom. The number of hydrogen-bond donors (Lipinski definition) is 2. The third-order valence-corrected chi connectivity index (χ3v) is 4.55. The van der Waals surface area contributed by atoms with Crippen molar-refractivity contribution in [1.82, 2.24) is 14.8 Å². The Kier molecular flexibility index (Phi) is 4.76. The van der Waals surface area contributed by atoms with Gasteiger partial charge in [-0.25, -0.2) is 0 Å². The van der Waals surface area contributed by atoms with Crippen LogP contribution in [0.1, 0.15) is 21.6 Å². The molecule has 3 rings (SSSR count). The van der Waals surface area contributed by atoms with E-state index in [0.717, 1.165) is 11.3 Å². The third kappa shape index (κ3) is 3.37. The van der Waals surface area contributed by atoms with E-state index in [9.17, 15) is 4.79 Å². The molecule has 0 atom stereocenters. The predicted octanol–water partition coefficient (Wildman–Crippen LogP) is 2.75. The lowest BCUT2D eigenvalue weighted by Crippen LogP contribution is -2.27. The maximum absolute atomic E-state index is 12.8. The Hall–Kier alpha value is -2.79. The maximum atomic E-state index is 12.8. The van der Waals surface area contributed by atoms with E-state index in [1.54, 1.807) is 17.0 Å². The summed E-state index contributed by atoms with van der Waals surface area (Å²) in [4.78, 5) is 14.5. The number of aromatic nitrogens is 1. The van der Waals surface area contributed by atoms with Crippen molar-refractivity contribution in [3.63, 3.8) is 0 Å². The summed E-state index contributed by atoms with van der Waals surface area (Å²) in [5, 5.41) is 4.26. The first-order valence-electron chi connectivity index (χ1n) is 8.33. The summed E-state index contributed by atoms with van der Waals surface area (Å²) in [6.45, 7) is 1.19. The van der Waals surface area contributed by atoms with E-state index in [1.807, 2.05) is 39.3 Å². The molecule has 1 heterocycles. The molecule has 0 saturated carbocycles. The number of anilines is 1. The Morgan fingerprint density at radius 2 is 1.96 bits per heavy atom. The Balaban J connectivity index is 1.82. The van der Waals surface area contributed by atoms with Crippen LogP contribution in [0.3, 0.4) is 0 Å². The van der Waals surface area contributed by atoms with Gasteiger partial charge in [-0.1, -0.05) is 18.2 Å². The van der Waals surface area contributed by atoms with Crippen LogP contribution in [0.25, 0.3) is 10.9 Å². The van der Waals surface area contributed by atoms with Gasteiger partial charge < -0.3 is 20.5 Å². The molecule has 0 radical (unpaired) electrons. The van der Waals surface area contributed by atoms with Gasteiger partial charge in [0.25, 0.3) is 5.91 Å². The van der Waals surface area contributed by atoms with Crippen LogP contribution in [-0.4, -0.2) is 29.5 Å². The van der Waals surface area contributed by atoms with Crippen LogP contribution in [0.5, 0.6) is 0 Å². The molecule has 1 amide bonds. The molecule has 130 valence electrons. The highest BCUT2D eigenvalue weighted by Gasteiger charge is 2.15. The lowest BCUT2D eigenvalue weighted by Gasteiger charge is -2.18. The van der Waals surface area contributed by atoms with Gasteiger partial charge >= 0.3 is 0 Å². The molecule has 25 heavy (non-hydrogen) atoms. The summed E-state index contributed by atoms with van der Waals surface area (Å²) in [7, 11) is 5.72. The number of carbonyl (C=O) groups is 1. The number of nitrogens with one attached hydrogen (secondary N) is 1. The fourth-order valence-electron chi connectivity index (χ4n) is 3.12. The van der Waals surface area contributed by atoms with Crippen LogP contribution in [0, 0.1) is 0 Å². The average Bonchev–Trinajstić information content (AvgIpc) is 2.92. The quantitative estimate of drug-likeness (QED) is 0.704. The molecular formula is C20H24N4O. The number of hydrogen-bond acceptors (Lipinski definition) is 3. The second-order valence-corrected chi connectivity index (χ2v) is 6.36. The molecule has 5 nitrogen and oxygen atoms in total. The summed E-state index contributed by atoms with van der Waals surface area (Å²) < 4.78 is 2.13. The van der Waals surface area contributed by atoms with Gasteiger partial charge in [0.1, 0.15) is 0 Å². The van der Waals surface area contributed by atoms with Crippen LogP contribution >= 0.6 is 0 Å². The minimum Gasteiger partial charge on any atom is -0.398 e. The van der Waals surface area contributed by atoms with Crippen LogP contribution in [-0.2, 0) is 20.1 Å². The van der Waals surface area contributed by atoms with Crippen molar-refractivity contribution in [2.45, 2.75) is 13.1 Å². The molecule has 0 bridgehead atoms. The molecule has 0 aliphatic carbocycles. The molecule has 0 aliphatic heterocycles. The standard InChI is InChI=1S/C20H24N4O/c1-22-12-16-10-15(8-9-18(16)21)20(25)23(2)13-17-11-14-6-4-5-7-19(14)24(17)3/h4-11,22H,12-13,21H2,1-3H3. The molecule has 0 unspecified atom stereocenters. The largest absolute Gasteiger partial charge is 0.398 e. The van der Waals surface area contributed by atoms with Crippen LogP contribution in [0.2, 0.25) is 0 Å². The van der Waals surface area contributed by atoms with Gasteiger partial charge in [0.15, 0.2) is 0 Å². The number of amides is 1. The number of aryl methyl sites for hydroxylation is 1. The van der Waals surface area contributed by atoms with E-state index in [4.69, 9.17) is 5.73 Å². The molecule has 0 saturated heterocycles. The first-order chi connectivity index (χ1) is 12.0. The highest BCUT2D eigenvalue weighted by molar-refractivity contribution is 5.94. The number of nitrogens with two attached hydrogens (primary N) is 1. The summed E-state index contributed by atoms with van der Waals surface area (Å²) in [6, 6.07) is 15.8. The molecule has 1 aromatic heterocycles. The maximum Gasteiger partial charge on any atom is 0.253 e. The van der Waals surface area contributed by atoms with E-state index in [0.29, 0.717) is 24.3 Å². The van der Waals surface area contributed by atoms with Gasteiger partial charge in [0.2, 0.25) is 0 Å². The van der Waals surface area contributed by atoms with E-state index in [2.05, 4.69) is 28.1 Å². The zero-order valence-electron chi connectivity index (χ0n) is 14.9. The molecule has 0 spiro atoms. The molecule has 3 N–H and O–H groups in total. The molecule has 5 heteroatoms. The number of para-hydroxylation sites is 1. The zero-order valence-corrected chi connectivity index (χ0v) is 14.9. The minimum absolute atomic E-state index is 0.0115. The third-order valence-electron chi connectivity index (χ3n) is 4.55. The first kappa shape index (κ1) is 17.0. The van der Waals surface area contributed by atoms with Crippen molar-refractivity contribution in [3.05, 3.63) is 65.4 Å². The lowest BCUT2D eigenvalue weighted by atomic mass is 10.1. The smallest absolute Gasteiger partial charge is 0.253 e. The topological polar surface area (TPSA) is 63.3 Å². The number of carbonyl (C=O) groups excluding carboxylic acids is 1. The van der Waals surface area contributed by atoms with Crippen LogP contribution in [0.15, 0.2) is 48.5 Å². The van der Waals surface area contributed by atoms with Crippen molar-refractivity contribution in [1.29, 1.82) is 0 Å². The number of rotatable bonds is 5. The Bertz CT molecular complexity index is 913. The molecular weight excluding hydrogens is 312 g/mol. The summed E-state index contributed by atoms with van der Waals surface area (Å²) in [6.07, 6.45) is 0. The summed E-state index contributed by atoms with van der Waals surface area (Å²) in [5.41, 5.74) is 10.5. The van der Waals surface area contributed by atoms with E-state index >= 15 is 0 Å². The van der Waals surface area contributed by atoms with Crippen molar-refractivity contribution in [2.75, 3.05) is 19.8 Å². The van der Waals surface area contributed by atoms with Gasteiger partial charge in [-0.2, -0.15) is 0 Å². The molecule has 0 aliphatic rings. The Morgan fingerprint density at radius 3 is 2.68 bits per heavy atom. The zero-order chi connectivity index (χ0) is 18.0. The Labute approximate surface area is 148 Å². The normalized spacial score (nSPS) is 11.0. The lowest BCUT2D eigenvalue weighted by molar-refractivity contribution is 0.0782. The van der Waals surface area contributed by atoms with Gasteiger partial charge in [-0.05, 0) is 48.3 Å². The average molecular weight is 336 g/mol. The van der Waals surface area contributed by atoms with Crippen molar-refractivity contribution < 1.29 is 4.79 Å². The van der Waals surface area contributed by atoms with E-state index in [1.165, 1.54) is 10.9 Å². The fraction of sp³-hybridized carbons (Fsp3) is 0.250. The molecule has 3 aromatic rings. The van der Waals surface area contributed by atoms with Crippen molar-refractivity contribution >= 4 is 22.5 Å². The molecule has 2 aromatic carbocycles. The summed E-state index contributed by atoms with van der Waals surface area (Å²) in [5.74, 6) is -0.0115. The summed E-state index contributed by atoms with van der Waals surface area (Å²) >= 11 is 0. The fourth-order valence-corrected chi connectivity index (χ4v) is 3.12.